The van der Waals surface area contributed by atoms with Crippen molar-refractivity contribution in [1.29, 1.82) is 0 Å². The smallest absolute Gasteiger partial charge is 0.240 e. The van der Waals surface area contributed by atoms with Crippen LogP contribution in [0.1, 0.15) is 44.2 Å². The Kier molecular flexibility index (Phi) is 5.41. The van der Waals surface area contributed by atoms with Crippen molar-refractivity contribution in [3.8, 4) is 0 Å². The van der Waals surface area contributed by atoms with E-state index in [1.807, 2.05) is 20.0 Å². The van der Waals surface area contributed by atoms with Crippen LogP contribution in [0.3, 0.4) is 0 Å². The van der Waals surface area contributed by atoms with Crippen molar-refractivity contribution in [2.24, 2.45) is 5.92 Å². The lowest BCUT2D eigenvalue weighted by Crippen LogP contribution is -2.40. The molecular formula is C16H26N2O2S. The third kappa shape index (κ3) is 3.84. The van der Waals surface area contributed by atoms with Crippen molar-refractivity contribution in [3.05, 3.63) is 29.3 Å². The Morgan fingerprint density at radius 3 is 2.52 bits per heavy atom. The summed E-state index contributed by atoms with van der Waals surface area (Å²) < 4.78 is 27.9. The molecule has 4 nitrogen and oxygen atoms in total. The van der Waals surface area contributed by atoms with Gasteiger partial charge in [-0.1, -0.05) is 19.4 Å². The molecule has 0 heterocycles. The fourth-order valence-electron chi connectivity index (χ4n) is 2.82. The van der Waals surface area contributed by atoms with Crippen molar-refractivity contribution >= 4 is 10.0 Å². The van der Waals surface area contributed by atoms with E-state index in [4.69, 9.17) is 0 Å². The second-order valence-electron chi connectivity index (χ2n) is 5.92. The topological polar surface area (TPSA) is 58.2 Å². The Labute approximate surface area is 128 Å². The number of sulfonamides is 1. The summed E-state index contributed by atoms with van der Waals surface area (Å²) in [5.41, 5.74) is 2.24. The second kappa shape index (κ2) is 6.90. The van der Waals surface area contributed by atoms with Crippen molar-refractivity contribution in [3.63, 3.8) is 0 Å². The quantitative estimate of drug-likeness (QED) is 0.813. The zero-order valence-corrected chi connectivity index (χ0v) is 14.0. The lowest BCUT2D eigenvalue weighted by Gasteiger charge is -2.31. The van der Waals surface area contributed by atoms with Crippen LogP contribution in [0, 0.1) is 5.92 Å². The summed E-state index contributed by atoms with van der Waals surface area (Å²) in [6.45, 7) is 4.74. The highest BCUT2D eigenvalue weighted by molar-refractivity contribution is 7.89. The van der Waals surface area contributed by atoms with Gasteiger partial charge in [-0.15, -0.1) is 0 Å². The maximum absolute atomic E-state index is 12.5. The number of hydrogen-bond donors (Lipinski definition) is 2. The third-order valence-corrected chi connectivity index (χ3v) is 5.99. The predicted octanol–water partition coefficient (Wildman–Crippen LogP) is 2.44. The molecule has 1 saturated carbocycles. The number of benzene rings is 1. The fourth-order valence-corrected chi connectivity index (χ4v) is 4.18. The van der Waals surface area contributed by atoms with Crippen molar-refractivity contribution in [2.45, 2.75) is 57.0 Å². The normalized spacial score (nSPS) is 17.5. The largest absolute Gasteiger partial charge is 0.316 e. The summed E-state index contributed by atoms with van der Waals surface area (Å²) in [5, 5.41) is 3.10. The lowest BCUT2D eigenvalue weighted by atomic mass is 9.81. The molecule has 1 fully saturated rings. The molecule has 1 aromatic rings. The van der Waals surface area contributed by atoms with E-state index in [-0.39, 0.29) is 6.04 Å². The van der Waals surface area contributed by atoms with Crippen molar-refractivity contribution in [2.75, 3.05) is 7.05 Å². The minimum atomic E-state index is -3.42. The molecule has 0 bridgehead atoms. The molecule has 0 aliphatic heterocycles. The molecule has 0 aromatic heterocycles. The fraction of sp³-hybridized carbons (Fsp3) is 0.625. The van der Waals surface area contributed by atoms with Crippen LogP contribution >= 0.6 is 0 Å². The highest BCUT2D eigenvalue weighted by Gasteiger charge is 2.28. The van der Waals surface area contributed by atoms with E-state index in [1.54, 1.807) is 12.1 Å². The van der Waals surface area contributed by atoms with Gasteiger partial charge in [-0.25, -0.2) is 13.1 Å². The first-order valence-electron chi connectivity index (χ1n) is 7.76. The molecule has 1 unspecified atom stereocenters. The molecule has 0 amide bonds. The van der Waals surface area contributed by atoms with Gasteiger partial charge in [-0.2, -0.15) is 0 Å². The molecule has 1 aromatic carbocycles. The van der Waals surface area contributed by atoms with Crippen LogP contribution in [0.2, 0.25) is 0 Å². The standard InChI is InChI=1S/C16H26N2O2S/c1-4-13-8-9-16(10-15(13)11-17-3)21(19,20)18-12(2)14-6-5-7-14/h8-10,12,14,17-18H,4-7,11H2,1-3H3. The van der Waals surface area contributed by atoms with E-state index in [2.05, 4.69) is 17.0 Å². The van der Waals surface area contributed by atoms with Gasteiger partial charge in [0, 0.05) is 12.6 Å². The zero-order chi connectivity index (χ0) is 15.5. The van der Waals surface area contributed by atoms with Gasteiger partial charge in [0.05, 0.1) is 4.90 Å². The molecule has 1 aliphatic rings. The van der Waals surface area contributed by atoms with Gasteiger partial charge >= 0.3 is 0 Å². The molecule has 2 N–H and O–H groups in total. The van der Waals surface area contributed by atoms with Crippen LogP contribution < -0.4 is 10.0 Å². The van der Waals surface area contributed by atoms with E-state index >= 15 is 0 Å². The number of hydrogen-bond acceptors (Lipinski definition) is 3. The maximum Gasteiger partial charge on any atom is 0.240 e. The van der Waals surface area contributed by atoms with E-state index in [0.29, 0.717) is 17.4 Å². The highest BCUT2D eigenvalue weighted by Crippen LogP contribution is 2.30. The Hall–Kier alpha value is -0.910. The molecule has 5 heteroatoms. The van der Waals surface area contributed by atoms with Gasteiger partial charge in [0.25, 0.3) is 0 Å². The lowest BCUT2D eigenvalue weighted by molar-refractivity contribution is 0.260. The molecule has 2 rings (SSSR count). The molecule has 1 aliphatic carbocycles. The van der Waals surface area contributed by atoms with Gasteiger partial charge in [0.1, 0.15) is 0 Å². The summed E-state index contributed by atoms with van der Waals surface area (Å²) in [4.78, 5) is 0.371. The first-order chi connectivity index (χ1) is 9.97. The Balaban J connectivity index is 2.20. The highest BCUT2D eigenvalue weighted by atomic mass is 32.2. The zero-order valence-electron chi connectivity index (χ0n) is 13.1. The summed E-state index contributed by atoms with van der Waals surface area (Å²) in [7, 11) is -1.55. The van der Waals surface area contributed by atoms with Crippen LogP contribution in [0.15, 0.2) is 23.1 Å². The minimum absolute atomic E-state index is 0.0161. The molecule has 0 saturated heterocycles. The van der Waals surface area contributed by atoms with Gasteiger partial charge in [0.2, 0.25) is 10.0 Å². The summed E-state index contributed by atoms with van der Waals surface area (Å²) >= 11 is 0. The number of rotatable bonds is 7. The molecule has 118 valence electrons. The van der Waals surface area contributed by atoms with Crippen molar-refractivity contribution in [1.82, 2.24) is 10.0 Å². The Bertz CT molecular complexity index is 580. The van der Waals surface area contributed by atoms with E-state index < -0.39 is 10.0 Å². The van der Waals surface area contributed by atoms with Crippen LogP contribution in [-0.2, 0) is 23.0 Å². The third-order valence-electron chi connectivity index (χ3n) is 4.43. The van der Waals surface area contributed by atoms with E-state index in [9.17, 15) is 8.42 Å². The van der Waals surface area contributed by atoms with E-state index in [1.165, 1.54) is 12.0 Å². The molecule has 1 atom stereocenters. The van der Waals surface area contributed by atoms with Gasteiger partial charge in [-0.05, 0) is 62.4 Å². The van der Waals surface area contributed by atoms with Gasteiger partial charge < -0.3 is 5.32 Å². The summed E-state index contributed by atoms with van der Waals surface area (Å²) in [6, 6.07) is 5.45. The van der Waals surface area contributed by atoms with Crippen LogP contribution in [0.5, 0.6) is 0 Å². The number of aryl methyl sites for hydroxylation is 1. The Morgan fingerprint density at radius 1 is 1.29 bits per heavy atom. The van der Waals surface area contributed by atoms with Gasteiger partial charge in [-0.3, -0.25) is 0 Å². The van der Waals surface area contributed by atoms with Gasteiger partial charge in [0.15, 0.2) is 0 Å². The van der Waals surface area contributed by atoms with E-state index in [0.717, 1.165) is 24.8 Å². The maximum atomic E-state index is 12.5. The van der Waals surface area contributed by atoms with Crippen LogP contribution in [-0.4, -0.2) is 21.5 Å². The molecular weight excluding hydrogens is 284 g/mol. The second-order valence-corrected chi connectivity index (χ2v) is 7.63. The SMILES string of the molecule is CCc1ccc(S(=O)(=O)NC(C)C2CCC2)cc1CNC. The average molecular weight is 310 g/mol. The molecule has 0 spiro atoms. The molecule has 0 radical (unpaired) electrons. The molecule has 21 heavy (non-hydrogen) atoms. The first-order valence-corrected chi connectivity index (χ1v) is 9.25. The Morgan fingerprint density at radius 2 is 2.00 bits per heavy atom. The van der Waals surface area contributed by atoms with Crippen LogP contribution in [0.4, 0.5) is 0 Å². The summed E-state index contributed by atoms with van der Waals surface area (Å²) in [5.74, 6) is 0.492. The monoisotopic (exact) mass is 310 g/mol. The average Bonchev–Trinajstić information content (AvgIpc) is 2.36. The first kappa shape index (κ1) is 16.5. The minimum Gasteiger partial charge on any atom is -0.316 e. The summed E-state index contributed by atoms with van der Waals surface area (Å²) in [6.07, 6.45) is 4.38. The van der Waals surface area contributed by atoms with Crippen LogP contribution in [0.25, 0.3) is 0 Å². The predicted molar refractivity (Wildman–Crippen MR) is 85.7 cm³/mol. The van der Waals surface area contributed by atoms with Crippen molar-refractivity contribution < 1.29 is 8.42 Å². The number of nitrogens with one attached hydrogen (secondary N) is 2.